The molecular formula is C12H21N3O5. The van der Waals surface area contributed by atoms with Crippen molar-refractivity contribution in [1.82, 2.24) is 10.2 Å². The van der Waals surface area contributed by atoms with Gasteiger partial charge in [0.05, 0.1) is 6.10 Å². The number of β-amino-alcohol motifs (C(OH)–C–C–N with tert-alkyl or cyclic N) is 1. The first-order chi connectivity index (χ1) is 9.27. The third-order valence-electron chi connectivity index (χ3n) is 3.62. The highest BCUT2D eigenvalue weighted by Gasteiger charge is 2.42. The van der Waals surface area contributed by atoms with Crippen LogP contribution in [0.2, 0.25) is 0 Å². The van der Waals surface area contributed by atoms with Gasteiger partial charge in [0.15, 0.2) is 0 Å². The molecule has 0 saturated carbocycles. The van der Waals surface area contributed by atoms with Gasteiger partial charge in [0.2, 0.25) is 5.91 Å². The van der Waals surface area contributed by atoms with Crippen LogP contribution in [0.3, 0.4) is 0 Å². The number of carboxylic acid groups (broad SMARTS) is 1. The number of likely N-dealkylation sites (tertiary alicyclic amines) is 1. The Morgan fingerprint density at radius 1 is 1.45 bits per heavy atom. The van der Waals surface area contributed by atoms with Crippen LogP contribution >= 0.6 is 0 Å². The second kappa shape index (κ2) is 6.56. The lowest BCUT2D eigenvalue weighted by Crippen LogP contribution is -2.55. The summed E-state index contributed by atoms with van der Waals surface area (Å²) < 4.78 is 0. The molecule has 2 unspecified atom stereocenters. The van der Waals surface area contributed by atoms with Gasteiger partial charge < -0.3 is 26.2 Å². The normalized spacial score (nSPS) is 25.1. The highest BCUT2D eigenvalue weighted by atomic mass is 16.4. The summed E-state index contributed by atoms with van der Waals surface area (Å²) in [5.41, 5.74) is 5.06. The molecule has 5 N–H and O–H groups in total. The molecule has 0 bridgehead atoms. The van der Waals surface area contributed by atoms with Crippen molar-refractivity contribution in [1.29, 1.82) is 0 Å². The Labute approximate surface area is 116 Å². The number of urea groups is 1. The van der Waals surface area contributed by atoms with Gasteiger partial charge in [-0.05, 0) is 5.92 Å². The van der Waals surface area contributed by atoms with E-state index in [-0.39, 0.29) is 18.9 Å². The second-order valence-corrected chi connectivity index (χ2v) is 5.11. The lowest BCUT2D eigenvalue weighted by atomic mass is 9.97. The van der Waals surface area contributed by atoms with E-state index in [1.54, 1.807) is 6.92 Å². The van der Waals surface area contributed by atoms with Crippen LogP contribution in [0.25, 0.3) is 0 Å². The molecule has 1 aliphatic rings. The van der Waals surface area contributed by atoms with E-state index in [1.165, 1.54) is 0 Å². The van der Waals surface area contributed by atoms with Gasteiger partial charge in [0.1, 0.15) is 12.1 Å². The Bertz CT molecular complexity index is 397. The fourth-order valence-electron chi connectivity index (χ4n) is 2.31. The van der Waals surface area contributed by atoms with Crippen LogP contribution in [0.1, 0.15) is 26.7 Å². The zero-order valence-corrected chi connectivity index (χ0v) is 11.6. The number of nitrogens with one attached hydrogen (secondary N) is 1. The third kappa shape index (κ3) is 3.60. The van der Waals surface area contributed by atoms with E-state index in [0.717, 1.165) is 4.90 Å². The SMILES string of the molecule is CCC(C)C(NC(N)=O)C(=O)N1C[C@H](O)C[C@@H]1C(=O)O. The predicted molar refractivity (Wildman–Crippen MR) is 69.7 cm³/mol. The maximum Gasteiger partial charge on any atom is 0.326 e. The maximum atomic E-state index is 12.4. The van der Waals surface area contributed by atoms with Crippen molar-refractivity contribution in [2.24, 2.45) is 11.7 Å². The molecule has 0 spiro atoms. The molecule has 8 heteroatoms. The van der Waals surface area contributed by atoms with E-state index < -0.39 is 36.1 Å². The highest BCUT2D eigenvalue weighted by Crippen LogP contribution is 2.21. The molecule has 4 atom stereocenters. The number of carbonyl (C=O) groups is 3. The van der Waals surface area contributed by atoms with Crippen LogP contribution in [0.4, 0.5) is 4.79 Å². The number of aliphatic carboxylic acids is 1. The summed E-state index contributed by atoms with van der Waals surface area (Å²) in [7, 11) is 0. The molecule has 1 heterocycles. The number of amides is 3. The summed E-state index contributed by atoms with van der Waals surface area (Å²) in [5.74, 6) is -1.89. The van der Waals surface area contributed by atoms with E-state index in [1.807, 2.05) is 6.92 Å². The minimum atomic E-state index is -1.17. The van der Waals surface area contributed by atoms with Crippen molar-refractivity contribution in [2.45, 2.75) is 44.9 Å². The summed E-state index contributed by atoms with van der Waals surface area (Å²) in [6.45, 7) is 3.56. The fraction of sp³-hybridized carbons (Fsp3) is 0.750. The summed E-state index contributed by atoms with van der Waals surface area (Å²) in [5, 5.41) is 21.0. The quantitative estimate of drug-likeness (QED) is 0.521. The van der Waals surface area contributed by atoms with Gasteiger partial charge in [-0.15, -0.1) is 0 Å². The largest absolute Gasteiger partial charge is 0.480 e. The number of hydrogen-bond donors (Lipinski definition) is 4. The smallest absolute Gasteiger partial charge is 0.326 e. The number of rotatable bonds is 5. The van der Waals surface area contributed by atoms with Crippen molar-refractivity contribution < 1.29 is 24.6 Å². The number of carboxylic acids is 1. The summed E-state index contributed by atoms with van der Waals surface area (Å²) in [6, 6.07) is -2.79. The van der Waals surface area contributed by atoms with E-state index in [4.69, 9.17) is 10.8 Å². The first kappa shape index (κ1) is 16.2. The van der Waals surface area contributed by atoms with Gasteiger partial charge >= 0.3 is 12.0 Å². The monoisotopic (exact) mass is 287 g/mol. The predicted octanol–water partition coefficient (Wildman–Crippen LogP) is -0.884. The first-order valence-electron chi connectivity index (χ1n) is 6.55. The van der Waals surface area contributed by atoms with Crippen LogP contribution in [0.5, 0.6) is 0 Å². The van der Waals surface area contributed by atoms with Gasteiger partial charge in [-0.3, -0.25) is 4.79 Å². The van der Waals surface area contributed by atoms with Gasteiger partial charge in [-0.2, -0.15) is 0 Å². The van der Waals surface area contributed by atoms with Crippen molar-refractivity contribution in [3.05, 3.63) is 0 Å². The molecular weight excluding hydrogens is 266 g/mol. The standard InChI is InChI=1S/C12H21N3O5/c1-3-6(2)9(14-12(13)20)10(17)15-5-7(16)4-8(15)11(18)19/h6-9,16H,3-5H2,1-2H3,(H,18,19)(H3,13,14,20)/t6?,7-,8-,9?/m1/s1. The molecule has 1 saturated heterocycles. The minimum Gasteiger partial charge on any atom is -0.480 e. The molecule has 0 radical (unpaired) electrons. The summed E-state index contributed by atoms with van der Waals surface area (Å²) in [6.07, 6.45) is -0.262. The molecule has 0 aromatic rings. The molecule has 1 aliphatic heterocycles. The van der Waals surface area contributed by atoms with E-state index in [2.05, 4.69) is 5.32 Å². The average molecular weight is 287 g/mol. The molecule has 114 valence electrons. The Morgan fingerprint density at radius 2 is 2.05 bits per heavy atom. The molecule has 8 nitrogen and oxygen atoms in total. The average Bonchev–Trinajstić information content (AvgIpc) is 2.76. The fourth-order valence-corrected chi connectivity index (χ4v) is 2.31. The molecule has 0 aromatic carbocycles. The Hall–Kier alpha value is -1.83. The van der Waals surface area contributed by atoms with Gasteiger partial charge in [0, 0.05) is 13.0 Å². The minimum absolute atomic E-state index is 0.00906. The molecule has 0 aliphatic carbocycles. The summed E-state index contributed by atoms with van der Waals surface area (Å²) >= 11 is 0. The topological polar surface area (TPSA) is 133 Å². The van der Waals surface area contributed by atoms with Crippen LogP contribution in [0, 0.1) is 5.92 Å². The number of hydrogen-bond acceptors (Lipinski definition) is 4. The van der Waals surface area contributed by atoms with E-state index in [9.17, 15) is 19.5 Å². The summed E-state index contributed by atoms with van der Waals surface area (Å²) in [4.78, 5) is 35.7. The Kier molecular flexibility index (Phi) is 5.32. The highest BCUT2D eigenvalue weighted by molar-refractivity contribution is 5.90. The van der Waals surface area contributed by atoms with Crippen LogP contribution in [0.15, 0.2) is 0 Å². The van der Waals surface area contributed by atoms with Crippen molar-refractivity contribution >= 4 is 17.9 Å². The van der Waals surface area contributed by atoms with Crippen molar-refractivity contribution in [2.75, 3.05) is 6.54 Å². The van der Waals surface area contributed by atoms with E-state index >= 15 is 0 Å². The third-order valence-corrected chi connectivity index (χ3v) is 3.62. The molecule has 1 rings (SSSR count). The van der Waals surface area contributed by atoms with Crippen molar-refractivity contribution in [3.8, 4) is 0 Å². The number of primary amides is 1. The van der Waals surface area contributed by atoms with Crippen LogP contribution in [-0.2, 0) is 9.59 Å². The second-order valence-electron chi connectivity index (χ2n) is 5.11. The molecule has 3 amide bonds. The van der Waals surface area contributed by atoms with E-state index in [0.29, 0.717) is 6.42 Å². The molecule has 1 fully saturated rings. The number of nitrogens with zero attached hydrogens (tertiary/aromatic N) is 1. The number of aliphatic hydroxyl groups excluding tert-OH is 1. The zero-order valence-electron chi connectivity index (χ0n) is 11.6. The zero-order chi connectivity index (χ0) is 15.4. The molecule has 0 aromatic heterocycles. The number of aliphatic hydroxyl groups is 1. The van der Waals surface area contributed by atoms with Crippen molar-refractivity contribution in [3.63, 3.8) is 0 Å². The van der Waals surface area contributed by atoms with Gasteiger partial charge in [0.25, 0.3) is 0 Å². The van der Waals surface area contributed by atoms with Crippen LogP contribution in [-0.4, -0.2) is 57.8 Å². The molecule has 20 heavy (non-hydrogen) atoms. The number of carbonyl (C=O) groups excluding carboxylic acids is 2. The Morgan fingerprint density at radius 3 is 2.50 bits per heavy atom. The maximum absolute atomic E-state index is 12.4. The Balaban J connectivity index is 2.92. The lowest BCUT2D eigenvalue weighted by molar-refractivity contribution is -0.149. The van der Waals surface area contributed by atoms with Gasteiger partial charge in [-0.25, -0.2) is 9.59 Å². The number of nitrogens with two attached hydrogens (primary N) is 1. The van der Waals surface area contributed by atoms with Crippen LogP contribution < -0.4 is 11.1 Å². The lowest BCUT2D eigenvalue weighted by Gasteiger charge is -2.29. The van der Waals surface area contributed by atoms with Gasteiger partial charge in [-0.1, -0.05) is 20.3 Å². The first-order valence-corrected chi connectivity index (χ1v) is 6.55.